The van der Waals surface area contributed by atoms with E-state index in [9.17, 15) is 9.59 Å². The van der Waals surface area contributed by atoms with Crippen LogP contribution in [0.3, 0.4) is 0 Å². The third kappa shape index (κ3) is 2.76. The fourth-order valence-corrected chi connectivity index (χ4v) is 2.66. The summed E-state index contributed by atoms with van der Waals surface area (Å²) in [7, 11) is 3.18. The molecule has 0 bridgehead atoms. The van der Waals surface area contributed by atoms with Crippen LogP contribution >= 0.6 is 0 Å². The highest BCUT2D eigenvalue weighted by molar-refractivity contribution is 6.21. The van der Waals surface area contributed by atoms with Crippen molar-refractivity contribution >= 4 is 17.9 Å². The highest BCUT2D eigenvalue weighted by Crippen LogP contribution is 2.26. The monoisotopic (exact) mass is 323 g/mol. The number of methoxy groups -OCH3 is 2. The van der Waals surface area contributed by atoms with Crippen LogP contribution in [0.4, 0.5) is 0 Å². The number of amides is 2. The lowest BCUT2D eigenvalue weighted by molar-refractivity contribution is 0.0672. The van der Waals surface area contributed by atoms with E-state index in [1.54, 1.807) is 56.7 Å². The maximum atomic E-state index is 12.3. The Hall–Kier alpha value is -3.08. The molecule has 24 heavy (non-hydrogen) atoms. The molecular formula is C19H17NO4. The zero-order valence-corrected chi connectivity index (χ0v) is 13.5. The minimum Gasteiger partial charge on any atom is -0.497 e. The van der Waals surface area contributed by atoms with Crippen LogP contribution in [0.25, 0.3) is 6.08 Å². The van der Waals surface area contributed by atoms with Gasteiger partial charge in [0.05, 0.1) is 25.3 Å². The molecule has 2 aromatic carbocycles. The molecule has 5 heteroatoms. The van der Waals surface area contributed by atoms with Gasteiger partial charge in [-0.25, -0.2) is 0 Å². The molecule has 2 aromatic rings. The lowest BCUT2D eigenvalue weighted by Crippen LogP contribution is -2.29. The first-order valence-corrected chi connectivity index (χ1v) is 7.49. The van der Waals surface area contributed by atoms with Crippen LogP contribution in [-0.2, 0) is 0 Å². The number of hydrogen-bond donors (Lipinski definition) is 0. The minimum absolute atomic E-state index is 0.201. The molecule has 1 aliphatic rings. The third-order valence-corrected chi connectivity index (χ3v) is 3.90. The Morgan fingerprint density at radius 2 is 1.62 bits per heavy atom. The second kappa shape index (κ2) is 6.58. The van der Waals surface area contributed by atoms with Crippen LogP contribution in [-0.4, -0.2) is 37.5 Å². The summed E-state index contributed by atoms with van der Waals surface area (Å²) in [6.45, 7) is 0.201. The fourth-order valence-electron chi connectivity index (χ4n) is 2.66. The average molecular weight is 323 g/mol. The van der Waals surface area contributed by atoms with Crippen LogP contribution in [0.1, 0.15) is 26.3 Å². The maximum Gasteiger partial charge on any atom is 0.261 e. The van der Waals surface area contributed by atoms with Gasteiger partial charge in [0.25, 0.3) is 11.8 Å². The van der Waals surface area contributed by atoms with Crippen LogP contribution in [0.2, 0.25) is 0 Å². The molecule has 1 aliphatic heterocycles. The van der Waals surface area contributed by atoms with Crippen molar-refractivity contribution in [2.45, 2.75) is 0 Å². The molecule has 122 valence electrons. The molecule has 5 nitrogen and oxygen atoms in total. The summed E-state index contributed by atoms with van der Waals surface area (Å²) in [5, 5.41) is 0. The van der Waals surface area contributed by atoms with Gasteiger partial charge in [-0.2, -0.15) is 0 Å². The molecule has 0 radical (unpaired) electrons. The molecule has 0 unspecified atom stereocenters. The zero-order valence-electron chi connectivity index (χ0n) is 13.5. The number of rotatable bonds is 5. The molecule has 0 saturated carbocycles. The number of nitrogens with zero attached hydrogens (tertiary/aromatic N) is 1. The van der Waals surface area contributed by atoms with Gasteiger partial charge >= 0.3 is 0 Å². The lowest BCUT2D eigenvalue weighted by atomic mass is 10.1. The van der Waals surface area contributed by atoms with Gasteiger partial charge in [0.2, 0.25) is 0 Å². The van der Waals surface area contributed by atoms with Crippen molar-refractivity contribution in [3.8, 4) is 11.5 Å². The van der Waals surface area contributed by atoms with Crippen LogP contribution in [0.15, 0.2) is 48.5 Å². The Morgan fingerprint density at radius 3 is 2.21 bits per heavy atom. The van der Waals surface area contributed by atoms with Crippen molar-refractivity contribution < 1.29 is 19.1 Å². The van der Waals surface area contributed by atoms with Gasteiger partial charge in [0, 0.05) is 12.1 Å². The van der Waals surface area contributed by atoms with Crippen molar-refractivity contribution in [3.05, 3.63) is 65.2 Å². The van der Waals surface area contributed by atoms with E-state index < -0.39 is 0 Å². The Balaban J connectivity index is 1.78. The quantitative estimate of drug-likeness (QED) is 0.794. The Morgan fingerprint density at radius 1 is 0.958 bits per heavy atom. The summed E-state index contributed by atoms with van der Waals surface area (Å²) in [5.74, 6) is 0.862. The molecule has 0 saturated heterocycles. The second-order valence-corrected chi connectivity index (χ2v) is 5.28. The number of ether oxygens (including phenoxy) is 2. The maximum absolute atomic E-state index is 12.3. The number of carbonyl (C=O) groups is 2. The van der Waals surface area contributed by atoms with Gasteiger partial charge in [-0.3, -0.25) is 14.5 Å². The molecule has 0 aliphatic carbocycles. The minimum atomic E-state index is -0.266. The van der Waals surface area contributed by atoms with Crippen LogP contribution in [0, 0.1) is 0 Å². The topological polar surface area (TPSA) is 55.8 Å². The van der Waals surface area contributed by atoms with Gasteiger partial charge in [0.15, 0.2) is 0 Å². The summed E-state index contributed by atoms with van der Waals surface area (Å²) < 4.78 is 10.5. The summed E-state index contributed by atoms with van der Waals surface area (Å²) in [6, 6.07) is 12.3. The lowest BCUT2D eigenvalue weighted by Gasteiger charge is -2.11. The molecule has 0 N–H and O–H groups in total. The Kier molecular flexibility index (Phi) is 4.33. The van der Waals surface area contributed by atoms with Crippen molar-refractivity contribution in [2.24, 2.45) is 0 Å². The Bertz CT molecular complexity index is 791. The number of hydrogen-bond acceptors (Lipinski definition) is 4. The zero-order chi connectivity index (χ0) is 17.1. The average Bonchev–Trinajstić information content (AvgIpc) is 2.86. The Labute approximate surface area is 140 Å². The van der Waals surface area contributed by atoms with E-state index in [1.165, 1.54) is 4.90 Å². The van der Waals surface area contributed by atoms with Crippen molar-refractivity contribution in [3.63, 3.8) is 0 Å². The largest absolute Gasteiger partial charge is 0.497 e. The standard InChI is InChI=1S/C19H17NO4/c1-23-14-9-10-17(24-2)13(12-14)6-5-11-20-18(21)15-7-3-4-8-16(15)19(20)22/h3-10,12H,11H2,1-2H3/b6-5+. The van der Waals surface area contributed by atoms with E-state index in [0.29, 0.717) is 22.6 Å². The summed E-state index contributed by atoms with van der Waals surface area (Å²) in [6.07, 6.45) is 3.57. The SMILES string of the molecule is COc1ccc(OC)c(/C=C/CN2C(=O)c3ccccc3C2=O)c1. The number of fused-ring (bicyclic) bond motifs is 1. The first-order chi connectivity index (χ1) is 11.7. The van der Waals surface area contributed by atoms with E-state index in [0.717, 1.165) is 5.56 Å². The number of carbonyl (C=O) groups excluding carboxylic acids is 2. The van der Waals surface area contributed by atoms with Gasteiger partial charge < -0.3 is 9.47 Å². The molecule has 0 fully saturated rings. The van der Waals surface area contributed by atoms with Gasteiger partial charge in [-0.1, -0.05) is 24.3 Å². The second-order valence-electron chi connectivity index (χ2n) is 5.28. The molecule has 0 aromatic heterocycles. The van der Waals surface area contributed by atoms with E-state index in [-0.39, 0.29) is 18.4 Å². The highest BCUT2D eigenvalue weighted by atomic mass is 16.5. The molecule has 2 amide bonds. The number of imide groups is 1. The van der Waals surface area contributed by atoms with Gasteiger partial charge in [-0.05, 0) is 30.3 Å². The van der Waals surface area contributed by atoms with Crippen molar-refractivity contribution in [1.29, 1.82) is 0 Å². The summed E-state index contributed by atoms with van der Waals surface area (Å²) >= 11 is 0. The smallest absolute Gasteiger partial charge is 0.261 e. The van der Waals surface area contributed by atoms with Crippen molar-refractivity contribution in [2.75, 3.05) is 20.8 Å². The highest BCUT2D eigenvalue weighted by Gasteiger charge is 2.34. The molecule has 0 atom stereocenters. The molecule has 1 heterocycles. The van der Waals surface area contributed by atoms with E-state index in [4.69, 9.17) is 9.47 Å². The van der Waals surface area contributed by atoms with E-state index in [1.807, 2.05) is 12.1 Å². The predicted octanol–water partition coefficient (Wildman–Crippen LogP) is 3.01. The van der Waals surface area contributed by atoms with E-state index >= 15 is 0 Å². The van der Waals surface area contributed by atoms with Gasteiger partial charge in [-0.15, -0.1) is 0 Å². The number of benzene rings is 2. The normalized spacial score (nSPS) is 13.5. The van der Waals surface area contributed by atoms with Gasteiger partial charge in [0.1, 0.15) is 11.5 Å². The summed E-state index contributed by atoms with van der Waals surface area (Å²) in [5.41, 5.74) is 1.72. The molecule has 3 rings (SSSR count). The third-order valence-electron chi connectivity index (χ3n) is 3.90. The molecular weight excluding hydrogens is 306 g/mol. The first-order valence-electron chi connectivity index (χ1n) is 7.49. The van der Waals surface area contributed by atoms with E-state index in [2.05, 4.69) is 0 Å². The predicted molar refractivity (Wildman–Crippen MR) is 90.4 cm³/mol. The van der Waals surface area contributed by atoms with Crippen LogP contribution in [0.5, 0.6) is 11.5 Å². The van der Waals surface area contributed by atoms with Crippen LogP contribution < -0.4 is 9.47 Å². The first kappa shape index (κ1) is 15.8. The van der Waals surface area contributed by atoms with Crippen molar-refractivity contribution in [1.82, 2.24) is 4.90 Å². The molecule has 0 spiro atoms. The summed E-state index contributed by atoms with van der Waals surface area (Å²) in [4.78, 5) is 25.8. The fraction of sp³-hybridized carbons (Fsp3) is 0.158.